The van der Waals surface area contributed by atoms with Gasteiger partial charge in [-0.05, 0) is 58.3 Å². The van der Waals surface area contributed by atoms with Crippen molar-refractivity contribution in [2.75, 3.05) is 44.4 Å². The molecule has 25 heavy (non-hydrogen) atoms. The highest BCUT2D eigenvalue weighted by Crippen LogP contribution is 2.16. The van der Waals surface area contributed by atoms with Gasteiger partial charge in [0.05, 0.1) is 6.61 Å². The average Bonchev–Trinajstić information content (AvgIpc) is 2.56. The number of aryl methyl sites for hydroxylation is 1. The number of hydrogen-bond acceptors (Lipinski definition) is 6. The van der Waals surface area contributed by atoms with Crippen molar-refractivity contribution < 1.29 is 9.53 Å². The van der Waals surface area contributed by atoms with Gasteiger partial charge >= 0.3 is 0 Å². The first kappa shape index (κ1) is 18.7. The molecule has 0 saturated carbocycles. The highest BCUT2D eigenvalue weighted by Gasteiger charge is 2.11. The van der Waals surface area contributed by atoms with Crippen LogP contribution in [0, 0.1) is 6.92 Å². The summed E-state index contributed by atoms with van der Waals surface area (Å²) in [6.45, 7) is 5.93. The Balaban J connectivity index is 2.03. The zero-order chi connectivity index (χ0) is 18.2. The van der Waals surface area contributed by atoms with Crippen molar-refractivity contribution in [3.63, 3.8) is 0 Å². The van der Waals surface area contributed by atoms with Crippen LogP contribution in [0.15, 0.2) is 30.3 Å². The molecule has 0 unspecified atom stereocenters. The normalized spacial score (nSPS) is 10.6. The van der Waals surface area contributed by atoms with E-state index in [9.17, 15) is 4.79 Å². The van der Waals surface area contributed by atoms with Crippen LogP contribution in [-0.2, 0) is 0 Å². The minimum atomic E-state index is -0.273. The lowest BCUT2D eigenvalue weighted by Crippen LogP contribution is -2.22. The Bertz CT molecular complexity index is 701. The first-order valence-electron chi connectivity index (χ1n) is 8.26. The van der Waals surface area contributed by atoms with E-state index in [4.69, 9.17) is 4.74 Å². The van der Waals surface area contributed by atoms with Gasteiger partial charge in [0.1, 0.15) is 11.4 Å². The Hall–Kier alpha value is -2.67. The monoisotopic (exact) mass is 343 g/mol. The molecular formula is C18H25N5O2. The van der Waals surface area contributed by atoms with Gasteiger partial charge < -0.3 is 20.3 Å². The standard InChI is InChI=1S/C18H25N5O2/c1-5-25-15-8-6-14(7-9-15)21-17(24)16-12-13(2)20-18(22-16)19-10-11-23(3)4/h6-9,12H,5,10-11H2,1-4H3,(H,21,24)(H,19,20,22). The fourth-order valence-corrected chi connectivity index (χ4v) is 2.15. The molecule has 1 heterocycles. The number of hydrogen-bond donors (Lipinski definition) is 2. The van der Waals surface area contributed by atoms with E-state index in [0.29, 0.717) is 30.5 Å². The van der Waals surface area contributed by atoms with Crippen LogP contribution < -0.4 is 15.4 Å². The van der Waals surface area contributed by atoms with Gasteiger partial charge in [0.25, 0.3) is 5.91 Å². The third kappa shape index (κ3) is 6.04. The number of aromatic nitrogens is 2. The van der Waals surface area contributed by atoms with E-state index >= 15 is 0 Å². The summed E-state index contributed by atoms with van der Waals surface area (Å²) >= 11 is 0. The Morgan fingerprint density at radius 3 is 2.56 bits per heavy atom. The number of carbonyl (C=O) groups is 1. The second-order valence-corrected chi connectivity index (χ2v) is 5.86. The highest BCUT2D eigenvalue weighted by molar-refractivity contribution is 6.03. The van der Waals surface area contributed by atoms with E-state index in [0.717, 1.165) is 18.0 Å². The lowest BCUT2D eigenvalue weighted by molar-refractivity contribution is 0.102. The minimum Gasteiger partial charge on any atom is -0.494 e. The SMILES string of the molecule is CCOc1ccc(NC(=O)c2cc(C)nc(NCCN(C)C)n2)cc1. The summed E-state index contributed by atoms with van der Waals surface area (Å²) in [6.07, 6.45) is 0. The fraction of sp³-hybridized carbons (Fsp3) is 0.389. The number of nitrogens with one attached hydrogen (secondary N) is 2. The number of nitrogens with zero attached hydrogens (tertiary/aromatic N) is 3. The van der Waals surface area contributed by atoms with Crippen molar-refractivity contribution in [1.82, 2.24) is 14.9 Å². The van der Waals surface area contributed by atoms with Gasteiger partial charge in [0, 0.05) is 24.5 Å². The molecule has 0 atom stereocenters. The topological polar surface area (TPSA) is 79.4 Å². The zero-order valence-corrected chi connectivity index (χ0v) is 15.2. The molecule has 1 aromatic heterocycles. The lowest BCUT2D eigenvalue weighted by atomic mass is 10.2. The van der Waals surface area contributed by atoms with E-state index < -0.39 is 0 Å². The van der Waals surface area contributed by atoms with Gasteiger partial charge in [-0.15, -0.1) is 0 Å². The largest absolute Gasteiger partial charge is 0.494 e. The van der Waals surface area contributed by atoms with Crippen LogP contribution >= 0.6 is 0 Å². The molecule has 7 heteroatoms. The molecule has 0 spiro atoms. The number of carbonyl (C=O) groups excluding carboxylic acids is 1. The maximum Gasteiger partial charge on any atom is 0.274 e. The van der Waals surface area contributed by atoms with Crippen LogP contribution in [0.3, 0.4) is 0 Å². The van der Waals surface area contributed by atoms with Crippen molar-refractivity contribution in [3.8, 4) is 5.75 Å². The van der Waals surface area contributed by atoms with Gasteiger partial charge in [-0.2, -0.15) is 0 Å². The first-order chi connectivity index (χ1) is 12.0. The smallest absolute Gasteiger partial charge is 0.274 e. The Kier molecular flexibility index (Phi) is 6.71. The molecule has 1 aromatic carbocycles. The third-order valence-electron chi connectivity index (χ3n) is 3.35. The zero-order valence-electron chi connectivity index (χ0n) is 15.2. The minimum absolute atomic E-state index is 0.273. The van der Waals surface area contributed by atoms with E-state index in [1.54, 1.807) is 18.2 Å². The van der Waals surface area contributed by atoms with Crippen molar-refractivity contribution in [2.45, 2.75) is 13.8 Å². The summed E-state index contributed by atoms with van der Waals surface area (Å²) in [5.74, 6) is 0.953. The second kappa shape index (κ2) is 8.98. The summed E-state index contributed by atoms with van der Waals surface area (Å²) in [7, 11) is 3.99. The van der Waals surface area contributed by atoms with Crippen LogP contribution in [0.4, 0.5) is 11.6 Å². The van der Waals surface area contributed by atoms with Crippen molar-refractivity contribution >= 4 is 17.5 Å². The number of likely N-dealkylation sites (N-methyl/N-ethyl adjacent to an activating group) is 1. The van der Waals surface area contributed by atoms with Crippen LogP contribution in [0.5, 0.6) is 5.75 Å². The average molecular weight is 343 g/mol. The quantitative estimate of drug-likeness (QED) is 0.766. The summed E-state index contributed by atoms with van der Waals surface area (Å²) in [4.78, 5) is 23.1. The highest BCUT2D eigenvalue weighted by atomic mass is 16.5. The summed E-state index contributed by atoms with van der Waals surface area (Å²) in [5.41, 5.74) is 1.75. The summed E-state index contributed by atoms with van der Waals surface area (Å²) in [6, 6.07) is 8.90. The van der Waals surface area contributed by atoms with Crippen molar-refractivity contribution in [3.05, 3.63) is 41.7 Å². The molecule has 7 nitrogen and oxygen atoms in total. The predicted octanol–water partition coefficient (Wildman–Crippen LogP) is 2.41. The molecule has 2 rings (SSSR count). The van der Waals surface area contributed by atoms with E-state index in [1.807, 2.05) is 40.1 Å². The molecule has 0 aliphatic carbocycles. The molecule has 0 fully saturated rings. The molecule has 0 saturated heterocycles. The Morgan fingerprint density at radius 2 is 1.92 bits per heavy atom. The van der Waals surface area contributed by atoms with Crippen molar-refractivity contribution in [1.29, 1.82) is 0 Å². The lowest BCUT2D eigenvalue weighted by Gasteiger charge is -2.12. The van der Waals surface area contributed by atoms with E-state index in [-0.39, 0.29) is 5.91 Å². The number of rotatable bonds is 8. The van der Waals surface area contributed by atoms with E-state index in [2.05, 4.69) is 25.5 Å². The third-order valence-corrected chi connectivity index (χ3v) is 3.35. The predicted molar refractivity (Wildman–Crippen MR) is 99.4 cm³/mol. The van der Waals surface area contributed by atoms with Crippen LogP contribution in [0.1, 0.15) is 23.1 Å². The maximum atomic E-state index is 12.4. The molecule has 134 valence electrons. The first-order valence-corrected chi connectivity index (χ1v) is 8.26. The Labute approximate surface area is 148 Å². The molecule has 2 aromatic rings. The molecule has 0 bridgehead atoms. The summed E-state index contributed by atoms with van der Waals surface area (Å²) < 4.78 is 5.39. The van der Waals surface area contributed by atoms with Gasteiger partial charge in [-0.25, -0.2) is 9.97 Å². The number of amides is 1. The molecular weight excluding hydrogens is 318 g/mol. The van der Waals surface area contributed by atoms with Gasteiger partial charge in [-0.1, -0.05) is 0 Å². The fourth-order valence-electron chi connectivity index (χ4n) is 2.15. The Morgan fingerprint density at radius 1 is 1.20 bits per heavy atom. The van der Waals surface area contributed by atoms with Gasteiger partial charge in [0.2, 0.25) is 5.95 Å². The molecule has 0 radical (unpaired) electrons. The number of ether oxygens (including phenoxy) is 1. The van der Waals surface area contributed by atoms with E-state index in [1.165, 1.54) is 0 Å². The van der Waals surface area contributed by atoms with Crippen LogP contribution in [-0.4, -0.2) is 54.6 Å². The second-order valence-electron chi connectivity index (χ2n) is 5.86. The molecule has 0 aliphatic rings. The van der Waals surface area contributed by atoms with Gasteiger partial charge in [-0.3, -0.25) is 4.79 Å². The van der Waals surface area contributed by atoms with Gasteiger partial charge in [0.15, 0.2) is 0 Å². The number of anilines is 2. The molecule has 1 amide bonds. The van der Waals surface area contributed by atoms with Crippen LogP contribution in [0.25, 0.3) is 0 Å². The molecule has 0 aliphatic heterocycles. The summed E-state index contributed by atoms with van der Waals surface area (Å²) in [5, 5.41) is 5.97. The van der Waals surface area contributed by atoms with Crippen LogP contribution in [0.2, 0.25) is 0 Å². The molecule has 2 N–H and O–H groups in total. The number of benzene rings is 1. The maximum absolute atomic E-state index is 12.4. The van der Waals surface area contributed by atoms with Crippen molar-refractivity contribution in [2.24, 2.45) is 0 Å².